The minimum atomic E-state index is -0.504. The number of hydrogen-bond donors (Lipinski definition) is 1. The van der Waals surface area contributed by atoms with Crippen molar-refractivity contribution in [3.05, 3.63) is 64.3 Å². The third-order valence-electron chi connectivity index (χ3n) is 7.56. The molecule has 3 rings (SSSR count). The van der Waals surface area contributed by atoms with E-state index in [0.29, 0.717) is 19.1 Å². The van der Waals surface area contributed by atoms with E-state index in [2.05, 4.69) is 52.0 Å². The van der Waals surface area contributed by atoms with Crippen molar-refractivity contribution >= 4 is 0 Å². The number of ether oxygens (including phenoxy) is 2. The molecule has 0 amide bonds. The van der Waals surface area contributed by atoms with Crippen molar-refractivity contribution < 1.29 is 14.6 Å². The molecule has 1 aromatic carbocycles. The Labute approximate surface area is 188 Å². The van der Waals surface area contributed by atoms with Gasteiger partial charge in [-0.05, 0) is 92.5 Å². The van der Waals surface area contributed by atoms with Gasteiger partial charge in [-0.25, -0.2) is 0 Å². The van der Waals surface area contributed by atoms with Crippen molar-refractivity contribution in [2.45, 2.75) is 78.9 Å². The van der Waals surface area contributed by atoms with Gasteiger partial charge in [0.25, 0.3) is 0 Å². The SMILES string of the molecule is COc1ccc(COCC2=C3CC[C@@H](C)[C@]2(C)CC/C(C)=C/CC/C(C)=C/[C@H]3O)cc1. The highest BCUT2D eigenvalue weighted by molar-refractivity contribution is 5.33. The Hall–Kier alpha value is -1.84. The van der Waals surface area contributed by atoms with E-state index in [4.69, 9.17) is 9.47 Å². The summed E-state index contributed by atoms with van der Waals surface area (Å²) in [6.45, 7) is 10.3. The third kappa shape index (κ3) is 5.90. The molecule has 0 unspecified atom stereocenters. The molecule has 1 N–H and O–H groups in total. The molecule has 0 aliphatic heterocycles. The maximum absolute atomic E-state index is 11.2. The Balaban J connectivity index is 1.88. The highest BCUT2D eigenvalue weighted by Crippen LogP contribution is 2.49. The van der Waals surface area contributed by atoms with Crippen LogP contribution >= 0.6 is 0 Å². The van der Waals surface area contributed by atoms with Gasteiger partial charge in [0.1, 0.15) is 5.75 Å². The standard InChI is InChI=1S/C28H40O3/c1-20-7-6-8-21(2)17-27(29)25-14-9-22(3)28(4,16-15-20)26(25)19-31-18-23-10-12-24(30-5)13-11-23/h7,10-13,17,22,27,29H,6,8-9,14-16,18-19H2,1-5H3/b20-7+,21-17+/t22-,27-,28+/m1/s1. The number of benzene rings is 1. The summed E-state index contributed by atoms with van der Waals surface area (Å²) in [4.78, 5) is 0. The van der Waals surface area contributed by atoms with E-state index in [-0.39, 0.29) is 5.41 Å². The minimum absolute atomic E-state index is 0.0461. The molecule has 0 saturated carbocycles. The van der Waals surface area contributed by atoms with Crippen LogP contribution < -0.4 is 4.74 Å². The molecule has 3 heteroatoms. The fraction of sp³-hybridized carbons (Fsp3) is 0.571. The van der Waals surface area contributed by atoms with Crippen LogP contribution in [0.1, 0.15) is 71.8 Å². The first kappa shape index (κ1) is 23.8. The number of aliphatic hydroxyl groups excluding tert-OH is 1. The summed E-state index contributed by atoms with van der Waals surface area (Å²) in [6.07, 6.45) is 10.3. The van der Waals surface area contributed by atoms with Gasteiger partial charge in [-0.2, -0.15) is 0 Å². The Kier molecular flexibility index (Phi) is 8.18. The zero-order chi connectivity index (χ0) is 22.4. The average molecular weight is 425 g/mol. The van der Waals surface area contributed by atoms with E-state index in [1.54, 1.807) is 7.11 Å². The summed E-state index contributed by atoms with van der Waals surface area (Å²) in [7, 11) is 1.68. The summed E-state index contributed by atoms with van der Waals surface area (Å²) in [5.41, 5.74) is 6.45. The zero-order valence-electron chi connectivity index (χ0n) is 20.0. The highest BCUT2D eigenvalue weighted by atomic mass is 16.5. The second kappa shape index (κ2) is 10.7. The molecule has 0 fully saturated rings. The molecule has 2 aliphatic carbocycles. The van der Waals surface area contributed by atoms with Crippen molar-refractivity contribution in [3.8, 4) is 5.75 Å². The van der Waals surface area contributed by atoms with E-state index < -0.39 is 6.10 Å². The van der Waals surface area contributed by atoms with Crippen LogP contribution in [0.25, 0.3) is 0 Å². The van der Waals surface area contributed by atoms with E-state index in [9.17, 15) is 5.11 Å². The van der Waals surface area contributed by atoms with E-state index in [0.717, 1.165) is 49.8 Å². The number of aliphatic hydroxyl groups is 1. The van der Waals surface area contributed by atoms with Crippen LogP contribution in [-0.2, 0) is 11.3 Å². The largest absolute Gasteiger partial charge is 0.497 e. The predicted molar refractivity (Wildman–Crippen MR) is 128 cm³/mol. The average Bonchev–Trinajstić information content (AvgIpc) is 2.75. The normalized spacial score (nSPS) is 31.0. The zero-order valence-corrected chi connectivity index (χ0v) is 20.0. The van der Waals surface area contributed by atoms with Gasteiger partial charge in [0, 0.05) is 0 Å². The Morgan fingerprint density at radius 1 is 1.03 bits per heavy atom. The molecule has 0 heterocycles. The lowest BCUT2D eigenvalue weighted by molar-refractivity contribution is 0.0974. The van der Waals surface area contributed by atoms with Crippen LogP contribution in [-0.4, -0.2) is 24.9 Å². The second-order valence-corrected chi connectivity index (χ2v) is 9.75. The first-order valence-corrected chi connectivity index (χ1v) is 11.8. The van der Waals surface area contributed by atoms with Crippen molar-refractivity contribution in [1.29, 1.82) is 0 Å². The predicted octanol–water partition coefficient (Wildman–Crippen LogP) is 6.77. The van der Waals surface area contributed by atoms with E-state index in [1.165, 1.54) is 22.3 Å². The molecule has 2 aliphatic rings. The Bertz CT molecular complexity index is 830. The summed E-state index contributed by atoms with van der Waals surface area (Å²) in [6, 6.07) is 8.05. The van der Waals surface area contributed by atoms with Gasteiger partial charge in [-0.15, -0.1) is 0 Å². The van der Waals surface area contributed by atoms with Crippen molar-refractivity contribution in [3.63, 3.8) is 0 Å². The smallest absolute Gasteiger partial charge is 0.118 e. The van der Waals surface area contributed by atoms with E-state index in [1.807, 2.05) is 12.1 Å². The molecule has 31 heavy (non-hydrogen) atoms. The third-order valence-corrected chi connectivity index (χ3v) is 7.56. The number of allylic oxidation sites excluding steroid dienone is 3. The molecule has 170 valence electrons. The molecule has 0 radical (unpaired) electrons. The first-order chi connectivity index (χ1) is 14.8. The van der Waals surface area contributed by atoms with Gasteiger partial charge >= 0.3 is 0 Å². The van der Waals surface area contributed by atoms with Crippen LogP contribution in [0.2, 0.25) is 0 Å². The van der Waals surface area contributed by atoms with Crippen molar-refractivity contribution in [2.75, 3.05) is 13.7 Å². The summed E-state index contributed by atoms with van der Waals surface area (Å²) < 4.78 is 11.5. The molecular formula is C28H40O3. The molecule has 3 atom stereocenters. The fourth-order valence-corrected chi connectivity index (χ4v) is 5.04. The molecule has 2 bridgehead atoms. The van der Waals surface area contributed by atoms with Crippen molar-refractivity contribution in [1.82, 2.24) is 0 Å². The quantitative estimate of drug-likeness (QED) is 0.530. The summed E-state index contributed by atoms with van der Waals surface area (Å²) in [5, 5.41) is 11.2. The molecule has 3 nitrogen and oxygen atoms in total. The molecule has 0 aromatic heterocycles. The maximum atomic E-state index is 11.2. The molecule has 0 saturated heterocycles. The summed E-state index contributed by atoms with van der Waals surface area (Å²) in [5.74, 6) is 1.43. The minimum Gasteiger partial charge on any atom is -0.497 e. The lowest BCUT2D eigenvalue weighted by atomic mass is 9.61. The van der Waals surface area contributed by atoms with Crippen LogP contribution in [0.15, 0.2) is 58.7 Å². The molecule has 0 spiro atoms. The van der Waals surface area contributed by atoms with Crippen LogP contribution in [0, 0.1) is 11.3 Å². The number of fused-ring (bicyclic) bond motifs is 1. The Morgan fingerprint density at radius 2 is 1.77 bits per heavy atom. The maximum Gasteiger partial charge on any atom is 0.118 e. The first-order valence-electron chi connectivity index (χ1n) is 11.8. The topological polar surface area (TPSA) is 38.7 Å². The van der Waals surface area contributed by atoms with Gasteiger partial charge in [-0.1, -0.05) is 49.3 Å². The number of hydrogen-bond acceptors (Lipinski definition) is 3. The number of methoxy groups -OCH3 is 1. The van der Waals surface area contributed by atoms with Gasteiger partial charge in [0.15, 0.2) is 0 Å². The second-order valence-electron chi connectivity index (χ2n) is 9.75. The number of rotatable bonds is 5. The molecule has 1 aromatic rings. The fourth-order valence-electron chi connectivity index (χ4n) is 5.04. The van der Waals surface area contributed by atoms with Gasteiger partial charge in [-0.3, -0.25) is 0 Å². The van der Waals surface area contributed by atoms with Crippen molar-refractivity contribution in [2.24, 2.45) is 11.3 Å². The monoisotopic (exact) mass is 424 g/mol. The highest BCUT2D eigenvalue weighted by Gasteiger charge is 2.40. The molecular weight excluding hydrogens is 384 g/mol. The Morgan fingerprint density at radius 3 is 2.48 bits per heavy atom. The lowest BCUT2D eigenvalue weighted by Crippen LogP contribution is -2.36. The van der Waals surface area contributed by atoms with E-state index >= 15 is 0 Å². The van der Waals surface area contributed by atoms with Crippen LogP contribution in [0.3, 0.4) is 0 Å². The van der Waals surface area contributed by atoms with Gasteiger partial charge < -0.3 is 14.6 Å². The van der Waals surface area contributed by atoms with Gasteiger partial charge in [0.05, 0.1) is 26.4 Å². The van der Waals surface area contributed by atoms with Crippen LogP contribution in [0.5, 0.6) is 5.75 Å². The lowest BCUT2D eigenvalue weighted by Gasteiger charge is -2.44. The summed E-state index contributed by atoms with van der Waals surface area (Å²) >= 11 is 0. The van der Waals surface area contributed by atoms with Crippen LogP contribution in [0.4, 0.5) is 0 Å². The van der Waals surface area contributed by atoms with Gasteiger partial charge in [0.2, 0.25) is 0 Å².